The van der Waals surface area contributed by atoms with E-state index in [1.807, 2.05) is 25.1 Å². The van der Waals surface area contributed by atoms with E-state index in [0.717, 1.165) is 11.4 Å². The van der Waals surface area contributed by atoms with Crippen LogP contribution >= 0.6 is 23.2 Å². The van der Waals surface area contributed by atoms with Crippen molar-refractivity contribution in [2.45, 2.75) is 13.5 Å². The third-order valence-corrected chi connectivity index (χ3v) is 2.42. The van der Waals surface area contributed by atoms with E-state index in [0.29, 0.717) is 12.4 Å². The molecule has 0 unspecified atom stereocenters. The van der Waals surface area contributed by atoms with Gasteiger partial charge in [-0.05, 0) is 30.7 Å². The summed E-state index contributed by atoms with van der Waals surface area (Å²) in [6.07, 6.45) is 0. The summed E-state index contributed by atoms with van der Waals surface area (Å²) >= 11 is 11.4. The molecule has 17 heavy (non-hydrogen) atoms. The number of halogens is 2. The molecule has 0 atom stereocenters. The summed E-state index contributed by atoms with van der Waals surface area (Å²) in [5.41, 5.74) is 1.84. The highest BCUT2D eigenvalue weighted by molar-refractivity contribution is 6.32. The molecule has 2 heterocycles. The van der Waals surface area contributed by atoms with Gasteiger partial charge in [-0.25, -0.2) is 0 Å². The molecule has 0 aliphatic rings. The molecule has 88 valence electrons. The molecule has 7 heteroatoms. The Morgan fingerprint density at radius 1 is 1.18 bits per heavy atom. The van der Waals surface area contributed by atoms with Crippen LogP contribution in [0.25, 0.3) is 0 Å². The van der Waals surface area contributed by atoms with Gasteiger partial charge >= 0.3 is 0 Å². The summed E-state index contributed by atoms with van der Waals surface area (Å²) in [5, 5.41) is 10.4. The van der Waals surface area contributed by atoms with Gasteiger partial charge in [-0.1, -0.05) is 17.7 Å². The maximum absolute atomic E-state index is 5.82. The molecule has 0 spiro atoms. The Morgan fingerprint density at radius 2 is 2.00 bits per heavy atom. The summed E-state index contributed by atoms with van der Waals surface area (Å²) in [6, 6.07) is 5.77. The van der Waals surface area contributed by atoms with E-state index in [2.05, 4.69) is 25.5 Å². The van der Waals surface area contributed by atoms with Gasteiger partial charge in [0.2, 0.25) is 5.28 Å². The van der Waals surface area contributed by atoms with Crippen LogP contribution in [0, 0.1) is 6.92 Å². The summed E-state index contributed by atoms with van der Waals surface area (Å²) < 4.78 is 0. The first-order chi connectivity index (χ1) is 8.15. The van der Waals surface area contributed by atoms with Crippen molar-refractivity contribution >= 4 is 29.0 Å². The Balaban J connectivity index is 2.09. The lowest BCUT2D eigenvalue weighted by Gasteiger charge is -2.06. The minimum absolute atomic E-state index is 0.0501. The molecule has 0 saturated carbocycles. The zero-order valence-electron chi connectivity index (χ0n) is 8.98. The monoisotopic (exact) mass is 269 g/mol. The first-order valence-corrected chi connectivity index (χ1v) is 5.63. The number of hydrogen-bond donors (Lipinski definition) is 1. The fourth-order valence-corrected chi connectivity index (χ4v) is 1.55. The van der Waals surface area contributed by atoms with Gasteiger partial charge in [-0.15, -0.1) is 10.2 Å². The third-order valence-electron chi connectivity index (χ3n) is 2.00. The van der Waals surface area contributed by atoms with Gasteiger partial charge in [0, 0.05) is 5.69 Å². The Hall–Kier alpha value is -1.46. The topological polar surface area (TPSA) is 63.6 Å². The Labute approximate surface area is 108 Å². The second-order valence-corrected chi connectivity index (χ2v) is 4.04. The van der Waals surface area contributed by atoms with Crippen LogP contribution in [0.4, 0.5) is 5.82 Å². The molecule has 2 rings (SSSR count). The lowest BCUT2D eigenvalue weighted by Crippen LogP contribution is -2.06. The highest BCUT2D eigenvalue weighted by Gasteiger charge is 2.05. The second kappa shape index (κ2) is 5.25. The van der Waals surface area contributed by atoms with Crippen molar-refractivity contribution in [3.63, 3.8) is 0 Å². The first kappa shape index (κ1) is 12.0. The van der Waals surface area contributed by atoms with Crippen LogP contribution in [-0.4, -0.2) is 20.2 Å². The number of aryl methyl sites for hydroxylation is 1. The number of hydrogen-bond acceptors (Lipinski definition) is 5. The zero-order chi connectivity index (χ0) is 12.3. The number of nitrogens with one attached hydrogen (secondary N) is 1. The van der Waals surface area contributed by atoms with Gasteiger partial charge in [-0.2, -0.15) is 4.98 Å². The van der Waals surface area contributed by atoms with E-state index in [1.54, 1.807) is 0 Å². The summed E-state index contributed by atoms with van der Waals surface area (Å²) in [7, 11) is 0. The van der Waals surface area contributed by atoms with Gasteiger partial charge in [0.15, 0.2) is 11.0 Å². The molecule has 2 aromatic rings. The Kier molecular flexibility index (Phi) is 3.71. The molecule has 0 saturated heterocycles. The van der Waals surface area contributed by atoms with E-state index in [1.165, 1.54) is 0 Å². The molecule has 0 radical (unpaired) electrons. The van der Waals surface area contributed by atoms with Crippen LogP contribution in [0.15, 0.2) is 18.2 Å². The van der Waals surface area contributed by atoms with E-state index in [-0.39, 0.29) is 10.4 Å². The largest absolute Gasteiger partial charge is 0.362 e. The standard InChI is InChI=1S/C10H9Cl2N5/c1-6-3-2-4-7(14-6)5-13-9-8(11)16-17-10(12)15-9/h2-4H,5H2,1H3,(H,13,15,17). The zero-order valence-corrected chi connectivity index (χ0v) is 10.5. The number of anilines is 1. The fourth-order valence-electron chi connectivity index (χ4n) is 1.28. The average Bonchev–Trinajstić information content (AvgIpc) is 2.30. The highest BCUT2D eigenvalue weighted by Crippen LogP contribution is 2.17. The van der Waals surface area contributed by atoms with E-state index >= 15 is 0 Å². The number of rotatable bonds is 3. The molecule has 0 bridgehead atoms. The maximum atomic E-state index is 5.82. The van der Waals surface area contributed by atoms with Crippen molar-refractivity contribution in [1.82, 2.24) is 20.2 Å². The molecule has 2 aromatic heterocycles. The van der Waals surface area contributed by atoms with Crippen molar-refractivity contribution in [3.05, 3.63) is 40.0 Å². The predicted molar refractivity (Wildman–Crippen MR) is 66.1 cm³/mol. The van der Waals surface area contributed by atoms with E-state index in [9.17, 15) is 0 Å². The summed E-state index contributed by atoms with van der Waals surface area (Å²) in [5.74, 6) is 0.398. The van der Waals surface area contributed by atoms with Crippen molar-refractivity contribution < 1.29 is 0 Å². The van der Waals surface area contributed by atoms with Crippen LogP contribution in [0.2, 0.25) is 10.4 Å². The molecular formula is C10H9Cl2N5. The Bertz CT molecular complexity index is 532. The molecule has 0 aromatic carbocycles. The third kappa shape index (κ3) is 3.25. The quantitative estimate of drug-likeness (QED) is 0.928. The van der Waals surface area contributed by atoms with Gasteiger partial charge < -0.3 is 5.32 Å². The van der Waals surface area contributed by atoms with Gasteiger partial charge in [0.25, 0.3) is 0 Å². The van der Waals surface area contributed by atoms with Crippen molar-refractivity contribution in [2.75, 3.05) is 5.32 Å². The van der Waals surface area contributed by atoms with Gasteiger partial charge in [0.1, 0.15) is 0 Å². The van der Waals surface area contributed by atoms with Crippen LogP contribution in [0.1, 0.15) is 11.4 Å². The SMILES string of the molecule is Cc1cccc(CNc2nc(Cl)nnc2Cl)n1. The average molecular weight is 270 g/mol. The van der Waals surface area contributed by atoms with E-state index < -0.39 is 0 Å². The Morgan fingerprint density at radius 3 is 2.76 bits per heavy atom. The molecule has 0 amide bonds. The number of aromatic nitrogens is 4. The lowest BCUT2D eigenvalue weighted by atomic mass is 10.3. The molecule has 5 nitrogen and oxygen atoms in total. The fraction of sp³-hybridized carbons (Fsp3) is 0.200. The molecular weight excluding hydrogens is 261 g/mol. The predicted octanol–water partition coefficient (Wildman–Crippen LogP) is 2.49. The van der Waals surface area contributed by atoms with Crippen LogP contribution < -0.4 is 5.32 Å². The van der Waals surface area contributed by atoms with Gasteiger partial charge in [0.05, 0.1) is 12.2 Å². The van der Waals surface area contributed by atoms with Crippen LogP contribution in [0.3, 0.4) is 0 Å². The van der Waals surface area contributed by atoms with Crippen molar-refractivity contribution in [1.29, 1.82) is 0 Å². The molecule has 1 N–H and O–H groups in total. The molecule has 0 fully saturated rings. The maximum Gasteiger partial charge on any atom is 0.245 e. The lowest BCUT2D eigenvalue weighted by molar-refractivity contribution is 0.945. The number of pyridine rings is 1. The van der Waals surface area contributed by atoms with Crippen molar-refractivity contribution in [3.8, 4) is 0 Å². The van der Waals surface area contributed by atoms with Gasteiger partial charge in [-0.3, -0.25) is 4.98 Å². The van der Waals surface area contributed by atoms with Crippen molar-refractivity contribution in [2.24, 2.45) is 0 Å². The molecule has 0 aliphatic carbocycles. The molecule has 0 aliphatic heterocycles. The van der Waals surface area contributed by atoms with Crippen LogP contribution in [-0.2, 0) is 6.54 Å². The summed E-state index contributed by atoms with van der Waals surface area (Å²) in [4.78, 5) is 8.27. The highest BCUT2D eigenvalue weighted by atomic mass is 35.5. The normalized spacial score (nSPS) is 10.3. The van der Waals surface area contributed by atoms with Crippen LogP contribution in [0.5, 0.6) is 0 Å². The minimum atomic E-state index is 0.0501. The first-order valence-electron chi connectivity index (χ1n) is 4.87. The smallest absolute Gasteiger partial charge is 0.245 e. The minimum Gasteiger partial charge on any atom is -0.362 e. The summed E-state index contributed by atoms with van der Waals surface area (Å²) in [6.45, 7) is 2.43. The number of nitrogens with zero attached hydrogens (tertiary/aromatic N) is 4. The second-order valence-electron chi connectivity index (χ2n) is 3.34. The van der Waals surface area contributed by atoms with E-state index in [4.69, 9.17) is 23.2 Å².